The van der Waals surface area contributed by atoms with Gasteiger partial charge in [-0.05, 0) is 30.2 Å². The number of fused-ring (bicyclic) bond motifs is 1. The van der Waals surface area contributed by atoms with Crippen LogP contribution in [-0.4, -0.2) is 33.2 Å². The second-order valence-electron chi connectivity index (χ2n) is 5.50. The first-order valence-corrected chi connectivity index (χ1v) is 7.26. The minimum Gasteiger partial charge on any atom is -0.497 e. The summed E-state index contributed by atoms with van der Waals surface area (Å²) in [7, 11) is 1.66. The smallest absolute Gasteiger partial charge is 0.254 e. The molecule has 0 radical (unpaired) electrons. The molecular weight excluding hydrogens is 278 g/mol. The van der Waals surface area contributed by atoms with E-state index < -0.39 is 0 Å². The van der Waals surface area contributed by atoms with Crippen molar-refractivity contribution < 1.29 is 4.74 Å². The average molecular weight is 297 g/mol. The van der Waals surface area contributed by atoms with Gasteiger partial charge >= 0.3 is 0 Å². The second-order valence-corrected chi connectivity index (χ2v) is 5.50. The van der Waals surface area contributed by atoms with Crippen molar-refractivity contribution in [2.45, 2.75) is 13.8 Å². The van der Waals surface area contributed by atoms with Crippen molar-refractivity contribution in [3.8, 4) is 17.0 Å². The number of aromatic nitrogens is 4. The third-order valence-corrected chi connectivity index (χ3v) is 3.33. The zero-order valence-corrected chi connectivity index (χ0v) is 12.9. The van der Waals surface area contributed by atoms with Crippen molar-refractivity contribution in [1.29, 1.82) is 0 Å². The summed E-state index contributed by atoms with van der Waals surface area (Å²) in [6.45, 7) is 5.19. The number of rotatable bonds is 5. The minimum atomic E-state index is 0.538. The Morgan fingerprint density at radius 3 is 2.68 bits per heavy atom. The van der Waals surface area contributed by atoms with Crippen LogP contribution in [0.1, 0.15) is 13.8 Å². The van der Waals surface area contributed by atoms with E-state index in [2.05, 4.69) is 34.2 Å². The van der Waals surface area contributed by atoms with Gasteiger partial charge in [-0.2, -0.15) is 14.6 Å². The van der Waals surface area contributed by atoms with E-state index in [0.29, 0.717) is 11.7 Å². The Labute approximate surface area is 129 Å². The van der Waals surface area contributed by atoms with Crippen LogP contribution in [0.5, 0.6) is 5.75 Å². The number of anilines is 1. The maximum atomic E-state index is 5.19. The van der Waals surface area contributed by atoms with E-state index in [1.54, 1.807) is 11.6 Å². The fourth-order valence-corrected chi connectivity index (χ4v) is 2.16. The van der Waals surface area contributed by atoms with Crippen LogP contribution in [0.3, 0.4) is 0 Å². The number of benzene rings is 1. The van der Waals surface area contributed by atoms with Crippen LogP contribution in [0, 0.1) is 5.92 Å². The number of nitrogens with zero attached hydrogens (tertiary/aromatic N) is 4. The first-order chi connectivity index (χ1) is 10.7. The Bertz CT molecular complexity index is 764. The lowest BCUT2D eigenvalue weighted by Crippen LogP contribution is -2.12. The molecular formula is C16H19N5O. The van der Waals surface area contributed by atoms with Crippen molar-refractivity contribution in [3.05, 3.63) is 36.7 Å². The predicted molar refractivity (Wildman–Crippen MR) is 86.1 cm³/mol. The molecule has 0 saturated heterocycles. The largest absolute Gasteiger partial charge is 0.497 e. The molecule has 0 fully saturated rings. The van der Waals surface area contributed by atoms with Crippen molar-refractivity contribution >= 4 is 11.6 Å². The molecule has 1 aromatic carbocycles. The highest BCUT2D eigenvalue weighted by Crippen LogP contribution is 2.23. The standard InChI is InChI=1S/C16H19N5O/c1-11(2)9-17-15-8-14(20-16-18-10-19-21(15)16)12-4-6-13(22-3)7-5-12/h4-8,10-11,17H,9H2,1-3H3. The Morgan fingerprint density at radius 1 is 1.23 bits per heavy atom. The lowest BCUT2D eigenvalue weighted by Gasteiger charge is -2.11. The molecule has 3 aromatic rings. The molecule has 0 atom stereocenters. The molecule has 114 valence electrons. The maximum Gasteiger partial charge on any atom is 0.254 e. The van der Waals surface area contributed by atoms with Crippen LogP contribution in [0.25, 0.3) is 17.0 Å². The van der Waals surface area contributed by atoms with Gasteiger partial charge in [0.2, 0.25) is 0 Å². The lowest BCUT2D eigenvalue weighted by molar-refractivity contribution is 0.415. The molecule has 6 heteroatoms. The molecule has 6 nitrogen and oxygen atoms in total. The van der Waals surface area contributed by atoms with E-state index in [0.717, 1.165) is 29.4 Å². The van der Waals surface area contributed by atoms with Crippen molar-refractivity contribution in [1.82, 2.24) is 19.6 Å². The van der Waals surface area contributed by atoms with Gasteiger partial charge in [0, 0.05) is 18.2 Å². The molecule has 22 heavy (non-hydrogen) atoms. The van der Waals surface area contributed by atoms with Crippen LogP contribution >= 0.6 is 0 Å². The van der Waals surface area contributed by atoms with E-state index in [-0.39, 0.29) is 0 Å². The fraction of sp³-hybridized carbons (Fsp3) is 0.312. The summed E-state index contributed by atoms with van der Waals surface area (Å²) >= 11 is 0. The molecule has 0 spiro atoms. The molecule has 2 heterocycles. The molecule has 0 saturated carbocycles. The third kappa shape index (κ3) is 2.86. The van der Waals surface area contributed by atoms with Gasteiger partial charge in [-0.3, -0.25) is 0 Å². The van der Waals surface area contributed by atoms with Gasteiger partial charge < -0.3 is 10.1 Å². The first kappa shape index (κ1) is 14.3. The molecule has 0 aliphatic rings. The van der Waals surface area contributed by atoms with Gasteiger partial charge in [-0.1, -0.05) is 13.8 Å². The van der Waals surface area contributed by atoms with Gasteiger partial charge in [0.1, 0.15) is 17.9 Å². The Hall–Kier alpha value is -2.63. The molecule has 3 rings (SSSR count). The highest BCUT2D eigenvalue weighted by Gasteiger charge is 2.09. The SMILES string of the molecule is COc1ccc(-c2cc(NCC(C)C)n3ncnc3n2)cc1. The molecule has 0 bridgehead atoms. The van der Waals surface area contributed by atoms with E-state index in [1.807, 2.05) is 30.3 Å². The Kier molecular flexibility index (Phi) is 3.91. The number of hydrogen-bond acceptors (Lipinski definition) is 5. The second kappa shape index (κ2) is 6.01. The van der Waals surface area contributed by atoms with Gasteiger partial charge in [-0.15, -0.1) is 0 Å². The molecule has 0 aliphatic heterocycles. The molecule has 0 aliphatic carbocycles. The highest BCUT2D eigenvalue weighted by atomic mass is 16.5. The van der Waals surface area contributed by atoms with E-state index in [9.17, 15) is 0 Å². The molecule has 2 aromatic heterocycles. The van der Waals surface area contributed by atoms with E-state index in [1.165, 1.54) is 6.33 Å². The van der Waals surface area contributed by atoms with Crippen molar-refractivity contribution in [2.75, 3.05) is 19.0 Å². The molecule has 0 unspecified atom stereocenters. The minimum absolute atomic E-state index is 0.538. The highest BCUT2D eigenvalue weighted by molar-refractivity contribution is 5.65. The Balaban J connectivity index is 2.01. The van der Waals surface area contributed by atoms with Crippen LogP contribution in [0.4, 0.5) is 5.82 Å². The predicted octanol–water partition coefficient (Wildman–Crippen LogP) is 2.87. The average Bonchev–Trinajstić information content (AvgIpc) is 3.01. The van der Waals surface area contributed by atoms with Crippen molar-refractivity contribution in [2.24, 2.45) is 5.92 Å². The van der Waals surface area contributed by atoms with Crippen LogP contribution < -0.4 is 10.1 Å². The molecule has 1 N–H and O–H groups in total. The lowest BCUT2D eigenvalue weighted by atomic mass is 10.1. The van der Waals surface area contributed by atoms with Crippen LogP contribution in [-0.2, 0) is 0 Å². The number of methoxy groups -OCH3 is 1. The van der Waals surface area contributed by atoms with Gasteiger partial charge in [0.15, 0.2) is 0 Å². The van der Waals surface area contributed by atoms with E-state index >= 15 is 0 Å². The topological polar surface area (TPSA) is 64.3 Å². The monoisotopic (exact) mass is 297 g/mol. The van der Waals surface area contributed by atoms with Gasteiger partial charge in [0.05, 0.1) is 12.8 Å². The van der Waals surface area contributed by atoms with Crippen LogP contribution in [0.15, 0.2) is 36.7 Å². The van der Waals surface area contributed by atoms with Crippen molar-refractivity contribution in [3.63, 3.8) is 0 Å². The van der Waals surface area contributed by atoms with E-state index in [4.69, 9.17) is 4.74 Å². The van der Waals surface area contributed by atoms with Crippen LogP contribution in [0.2, 0.25) is 0 Å². The number of ether oxygens (including phenoxy) is 1. The van der Waals surface area contributed by atoms with Gasteiger partial charge in [-0.25, -0.2) is 4.98 Å². The summed E-state index contributed by atoms with van der Waals surface area (Å²) in [5, 5.41) is 7.62. The summed E-state index contributed by atoms with van der Waals surface area (Å²) in [6, 6.07) is 9.81. The zero-order chi connectivity index (χ0) is 15.5. The summed E-state index contributed by atoms with van der Waals surface area (Å²) in [5.74, 6) is 2.84. The summed E-state index contributed by atoms with van der Waals surface area (Å²) < 4.78 is 6.91. The Morgan fingerprint density at radius 2 is 2.00 bits per heavy atom. The first-order valence-electron chi connectivity index (χ1n) is 7.26. The normalized spacial score (nSPS) is 11.1. The maximum absolute atomic E-state index is 5.19. The van der Waals surface area contributed by atoms with Gasteiger partial charge in [0.25, 0.3) is 5.78 Å². The summed E-state index contributed by atoms with van der Waals surface area (Å²) in [5.41, 5.74) is 1.87. The molecule has 0 amide bonds. The number of nitrogens with one attached hydrogen (secondary N) is 1. The summed E-state index contributed by atoms with van der Waals surface area (Å²) in [6.07, 6.45) is 1.51. The quantitative estimate of drug-likeness (QED) is 0.784. The third-order valence-electron chi connectivity index (χ3n) is 3.33. The fourth-order valence-electron chi connectivity index (χ4n) is 2.16. The number of hydrogen-bond donors (Lipinski definition) is 1. The summed E-state index contributed by atoms with van der Waals surface area (Å²) in [4.78, 5) is 8.76. The zero-order valence-electron chi connectivity index (χ0n) is 12.9.